The molecule has 3 N–H and O–H groups in total. The lowest BCUT2D eigenvalue weighted by Crippen LogP contribution is -2.61. The van der Waals surface area contributed by atoms with Gasteiger partial charge in [-0.05, 0) is 48.1 Å². The lowest BCUT2D eigenvalue weighted by molar-refractivity contribution is -0.148. The molecule has 2 rings (SSSR count). The van der Waals surface area contributed by atoms with E-state index in [1.54, 1.807) is 11.3 Å². The van der Waals surface area contributed by atoms with Gasteiger partial charge in [0.1, 0.15) is 5.54 Å². The Labute approximate surface area is 109 Å². The predicted molar refractivity (Wildman–Crippen MR) is 68.6 cm³/mol. The van der Waals surface area contributed by atoms with Gasteiger partial charge in [-0.15, -0.1) is 0 Å². The maximum atomic E-state index is 11.7. The van der Waals surface area contributed by atoms with Crippen LogP contribution in [0.3, 0.4) is 0 Å². The summed E-state index contributed by atoms with van der Waals surface area (Å²) in [4.78, 5) is 22.8. The lowest BCUT2D eigenvalue weighted by atomic mass is 9.77. The second kappa shape index (κ2) is 4.97. The van der Waals surface area contributed by atoms with Gasteiger partial charge in [0, 0.05) is 6.54 Å². The molecule has 1 aromatic heterocycles. The van der Waals surface area contributed by atoms with Crippen molar-refractivity contribution in [1.82, 2.24) is 10.6 Å². The number of carbonyl (C=O) groups excluding carboxylic acids is 1. The van der Waals surface area contributed by atoms with Crippen molar-refractivity contribution in [3.05, 3.63) is 21.9 Å². The van der Waals surface area contributed by atoms with Crippen molar-refractivity contribution in [3.8, 4) is 0 Å². The van der Waals surface area contributed by atoms with Crippen molar-refractivity contribution in [3.63, 3.8) is 0 Å². The molecule has 1 fully saturated rings. The van der Waals surface area contributed by atoms with Crippen molar-refractivity contribution in [1.29, 1.82) is 0 Å². The summed E-state index contributed by atoms with van der Waals surface area (Å²) in [6, 6.07) is -0.414. The van der Waals surface area contributed by atoms with E-state index in [0.717, 1.165) is 17.5 Å². The molecule has 98 valence electrons. The molecule has 6 heteroatoms. The van der Waals surface area contributed by atoms with Gasteiger partial charge >= 0.3 is 12.0 Å². The maximum absolute atomic E-state index is 11.7. The normalized spacial score (nSPS) is 16.7. The van der Waals surface area contributed by atoms with Crippen LogP contribution >= 0.6 is 11.3 Å². The van der Waals surface area contributed by atoms with Crippen molar-refractivity contribution in [2.24, 2.45) is 0 Å². The number of nitrogens with one attached hydrogen (secondary N) is 2. The van der Waals surface area contributed by atoms with Crippen LogP contribution < -0.4 is 10.6 Å². The molecule has 1 heterocycles. The SMILES string of the molecule is Cc1cscc1CNC(=O)NC1(C(=O)O)CCC1. The van der Waals surface area contributed by atoms with Crippen LogP contribution in [0.1, 0.15) is 30.4 Å². The number of hydrogen-bond donors (Lipinski definition) is 3. The van der Waals surface area contributed by atoms with Crippen LogP contribution in [0.2, 0.25) is 0 Å². The summed E-state index contributed by atoms with van der Waals surface area (Å²) >= 11 is 1.59. The Morgan fingerprint density at radius 1 is 1.44 bits per heavy atom. The number of aryl methyl sites for hydroxylation is 1. The molecule has 0 unspecified atom stereocenters. The fourth-order valence-electron chi connectivity index (χ4n) is 1.93. The van der Waals surface area contributed by atoms with Crippen LogP contribution in [0.5, 0.6) is 0 Å². The Morgan fingerprint density at radius 2 is 2.17 bits per heavy atom. The number of aliphatic carboxylic acids is 1. The van der Waals surface area contributed by atoms with Gasteiger partial charge in [0.05, 0.1) is 0 Å². The predicted octanol–water partition coefficient (Wildman–Crippen LogP) is 1.86. The van der Waals surface area contributed by atoms with E-state index in [4.69, 9.17) is 5.11 Å². The van der Waals surface area contributed by atoms with E-state index < -0.39 is 17.5 Å². The molecule has 1 aromatic rings. The average molecular weight is 268 g/mol. The highest BCUT2D eigenvalue weighted by Gasteiger charge is 2.45. The monoisotopic (exact) mass is 268 g/mol. The van der Waals surface area contributed by atoms with E-state index >= 15 is 0 Å². The summed E-state index contributed by atoms with van der Waals surface area (Å²) in [6.45, 7) is 2.41. The number of carbonyl (C=O) groups is 2. The van der Waals surface area contributed by atoms with E-state index in [1.807, 2.05) is 17.7 Å². The van der Waals surface area contributed by atoms with Gasteiger partial charge in [-0.25, -0.2) is 9.59 Å². The first-order valence-corrected chi connectivity index (χ1v) is 6.79. The minimum atomic E-state index is -1.05. The molecule has 0 saturated heterocycles. The van der Waals surface area contributed by atoms with Gasteiger partial charge in [0.25, 0.3) is 0 Å². The average Bonchev–Trinajstić information content (AvgIpc) is 2.66. The van der Waals surface area contributed by atoms with Crippen LogP contribution in [0.4, 0.5) is 4.79 Å². The van der Waals surface area contributed by atoms with E-state index in [-0.39, 0.29) is 0 Å². The second-order valence-corrected chi connectivity index (χ2v) is 5.37. The smallest absolute Gasteiger partial charge is 0.329 e. The summed E-state index contributed by atoms with van der Waals surface area (Å²) in [5.74, 6) is -0.949. The number of thiophene rings is 1. The van der Waals surface area contributed by atoms with E-state index in [2.05, 4.69) is 10.6 Å². The Balaban J connectivity index is 1.86. The van der Waals surface area contributed by atoms with Gasteiger partial charge < -0.3 is 15.7 Å². The summed E-state index contributed by atoms with van der Waals surface area (Å²) in [6.07, 6.45) is 1.86. The Kier molecular flexibility index (Phi) is 3.56. The lowest BCUT2D eigenvalue weighted by Gasteiger charge is -2.38. The van der Waals surface area contributed by atoms with Crippen LogP contribution in [0.25, 0.3) is 0 Å². The molecule has 0 spiro atoms. The third-order valence-corrected chi connectivity index (χ3v) is 4.28. The fraction of sp³-hybridized carbons (Fsp3) is 0.500. The fourth-order valence-corrected chi connectivity index (χ4v) is 2.78. The molecule has 18 heavy (non-hydrogen) atoms. The Hall–Kier alpha value is -1.56. The molecule has 0 aliphatic heterocycles. The van der Waals surface area contributed by atoms with Crippen LogP contribution in [-0.2, 0) is 11.3 Å². The molecule has 1 aliphatic rings. The topological polar surface area (TPSA) is 78.4 Å². The first-order valence-electron chi connectivity index (χ1n) is 5.84. The molecular weight excluding hydrogens is 252 g/mol. The molecular formula is C12H16N2O3S. The molecule has 1 aliphatic carbocycles. The number of rotatable bonds is 4. The first-order chi connectivity index (χ1) is 8.53. The van der Waals surface area contributed by atoms with Crippen LogP contribution in [0, 0.1) is 6.92 Å². The number of carboxylic acids is 1. The molecule has 0 atom stereocenters. The largest absolute Gasteiger partial charge is 0.480 e. The number of carboxylic acid groups (broad SMARTS) is 1. The third kappa shape index (κ3) is 2.48. The van der Waals surface area contributed by atoms with Gasteiger partial charge in [-0.1, -0.05) is 0 Å². The van der Waals surface area contributed by atoms with Crippen molar-refractivity contribution in [2.75, 3.05) is 0 Å². The van der Waals surface area contributed by atoms with Gasteiger partial charge in [-0.3, -0.25) is 0 Å². The molecule has 5 nitrogen and oxygen atoms in total. The van der Waals surface area contributed by atoms with Crippen molar-refractivity contribution < 1.29 is 14.7 Å². The van der Waals surface area contributed by atoms with E-state index in [1.165, 1.54) is 0 Å². The summed E-state index contributed by atoms with van der Waals surface area (Å²) < 4.78 is 0. The third-order valence-electron chi connectivity index (χ3n) is 3.37. The molecule has 0 bridgehead atoms. The van der Waals surface area contributed by atoms with Gasteiger partial charge in [0.15, 0.2) is 0 Å². The summed E-state index contributed by atoms with van der Waals surface area (Å²) in [7, 11) is 0. The molecule has 0 aromatic carbocycles. The minimum absolute atomic E-state index is 0.414. The highest BCUT2D eigenvalue weighted by Crippen LogP contribution is 2.31. The highest BCUT2D eigenvalue weighted by atomic mass is 32.1. The Morgan fingerprint density at radius 3 is 2.61 bits per heavy atom. The standard InChI is InChI=1S/C12H16N2O3S/c1-8-6-18-7-9(8)5-13-11(17)14-12(10(15)16)3-2-4-12/h6-7H,2-5H2,1H3,(H,15,16)(H2,13,14,17). The van der Waals surface area contributed by atoms with Gasteiger partial charge in [0.2, 0.25) is 0 Å². The molecule has 0 radical (unpaired) electrons. The summed E-state index contributed by atoms with van der Waals surface area (Å²) in [5, 5.41) is 18.3. The minimum Gasteiger partial charge on any atom is -0.480 e. The zero-order valence-electron chi connectivity index (χ0n) is 10.2. The highest BCUT2D eigenvalue weighted by molar-refractivity contribution is 7.08. The number of urea groups is 1. The van der Waals surface area contributed by atoms with Crippen LogP contribution in [-0.4, -0.2) is 22.6 Å². The quantitative estimate of drug-likeness (QED) is 0.780. The molecule has 2 amide bonds. The molecule has 1 saturated carbocycles. The van der Waals surface area contributed by atoms with Gasteiger partial charge in [-0.2, -0.15) is 11.3 Å². The van der Waals surface area contributed by atoms with Crippen molar-refractivity contribution >= 4 is 23.3 Å². The van der Waals surface area contributed by atoms with Crippen molar-refractivity contribution in [2.45, 2.75) is 38.3 Å². The van der Waals surface area contributed by atoms with E-state index in [0.29, 0.717) is 19.4 Å². The van der Waals surface area contributed by atoms with Crippen LogP contribution in [0.15, 0.2) is 10.8 Å². The first kappa shape index (κ1) is 12.9. The Bertz CT molecular complexity index is 466. The zero-order valence-corrected chi connectivity index (χ0v) is 11.0. The maximum Gasteiger partial charge on any atom is 0.329 e. The number of amides is 2. The van der Waals surface area contributed by atoms with E-state index in [9.17, 15) is 9.59 Å². The number of hydrogen-bond acceptors (Lipinski definition) is 3. The summed E-state index contributed by atoms with van der Waals surface area (Å²) in [5.41, 5.74) is 1.15. The zero-order chi connectivity index (χ0) is 13.2. The second-order valence-electron chi connectivity index (χ2n) is 4.63.